The fraction of sp³-hybridized carbons (Fsp3) is 0.211. The first-order valence-electron chi connectivity index (χ1n) is 7.69. The average molecular weight is 308 g/mol. The number of amides is 1. The second kappa shape index (κ2) is 6.67. The number of rotatable bonds is 5. The summed E-state index contributed by atoms with van der Waals surface area (Å²) in [6, 6.07) is 19.7. The molecule has 3 rings (SSSR count). The number of fused-ring (bicyclic) bond motifs is 1. The zero-order chi connectivity index (χ0) is 16.2. The number of nitrogens with zero attached hydrogens (tertiary/aromatic N) is 2. The summed E-state index contributed by atoms with van der Waals surface area (Å²) < 4.78 is 1.91. The number of carbonyl (C=O) groups excluding carboxylic acids is 1. The molecule has 3 aromatic rings. The van der Waals surface area contributed by atoms with Crippen LogP contribution in [0, 0.1) is 0 Å². The van der Waals surface area contributed by atoms with E-state index in [9.17, 15) is 9.90 Å². The van der Waals surface area contributed by atoms with Crippen LogP contribution in [-0.4, -0.2) is 33.6 Å². The molecule has 0 spiro atoms. The second-order valence-electron chi connectivity index (χ2n) is 5.58. The zero-order valence-corrected chi connectivity index (χ0v) is 13.1. The van der Waals surface area contributed by atoms with E-state index in [1.54, 1.807) is 4.90 Å². The van der Waals surface area contributed by atoms with Gasteiger partial charge in [-0.2, -0.15) is 0 Å². The fourth-order valence-corrected chi connectivity index (χ4v) is 2.83. The topological polar surface area (TPSA) is 45.5 Å². The van der Waals surface area contributed by atoms with Crippen molar-refractivity contribution in [2.24, 2.45) is 7.05 Å². The summed E-state index contributed by atoms with van der Waals surface area (Å²) >= 11 is 0. The van der Waals surface area contributed by atoms with E-state index < -0.39 is 0 Å². The number of hydrogen-bond donors (Lipinski definition) is 1. The quantitative estimate of drug-likeness (QED) is 0.788. The SMILES string of the molecule is Cn1c(C(=O)N(CCO)Cc2ccccc2)cc2ccccc21. The Morgan fingerprint density at radius 2 is 1.78 bits per heavy atom. The van der Waals surface area contributed by atoms with Crippen LogP contribution in [0.1, 0.15) is 16.1 Å². The van der Waals surface area contributed by atoms with Crippen molar-refractivity contribution >= 4 is 16.8 Å². The van der Waals surface area contributed by atoms with E-state index in [-0.39, 0.29) is 12.5 Å². The Hall–Kier alpha value is -2.59. The van der Waals surface area contributed by atoms with Gasteiger partial charge in [0.25, 0.3) is 5.91 Å². The molecule has 1 aromatic heterocycles. The maximum absolute atomic E-state index is 12.9. The smallest absolute Gasteiger partial charge is 0.270 e. The Balaban J connectivity index is 1.92. The number of para-hydroxylation sites is 1. The summed E-state index contributed by atoms with van der Waals surface area (Å²) in [5.74, 6) is -0.0680. The average Bonchev–Trinajstić information content (AvgIpc) is 2.92. The normalized spacial score (nSPS) is 10.9. The highest BCUT2D eigenvalue weighted by atomic mass is 16.3. The van der Waals surface area contributed by atoms with Crippen molar-refractivity contribution < 1.29 is 9.90 Å². The maximum Gasteiger partial charge on any atom is 0.270 e. The molecule has 1 amide bonds. The van der Waals surface area contributed by atoms with Crippen LogP contribution in [0.2, 0.25) is 0 Å². The Bertz CT molecular complexity index is 809. The van der Waals surface area contributed by atoms with Crippen LogP contribution in [0.3, 0.4) is 0 Å². The minimum absolute atomic E-state index is 0.0531. The van der Waals surface area contributed by atoms with E-state index in [0.29, 0.717) is 18.8 Å². The number of aliphatic hydroxyl groups is 1. The molecule has 0 atom stereocenters. The summed E-state index contributed by atoms with van der Waals surface area (Å²) in [6.07, 6.45) is 0. The van der Waals surface area contributed by atoms with Gasteiger partial charge in [0.15, 0.2) is 0 Å². The van der Waals surface area contributed by atoms with Crippen molar-refractivity contribution in [1.82, 2.24) is 9.47 Å². The fourth-order valence-electron chi connectivity index (χ4n) is 2.83. The first-order chi connectivity index (χ1) is 11.2. The highest BCUT2D eigenvalue weighted by molar-refractivity contribution is 5.98. The molecule has 2 aromatic carbocycles. The van der Waals surface area contributed by atoms with Gasteiger partial charge in [-0.05, 0) is 17.7 Å². The highest BCUT2D eigenvalue weighted by Crippen LogP contribution is 2.20. The molecule has 1 N–H and O–H groups in total. The number of aromatic nitrogens is 1. The van der Waals surface area contributed by atoms with Crippen molar-refractivity contribution in [3.05, 3.63) is 71.9 Å². The molecule has 0 fully saturated rings. The van der Waals surface area contributed by atoms with Gasteiger partial charge in [-0.15, -0.1) is 0 Å². The molecule has 1 heterocycles. The lowest BCUT2D eigenvalue weighted by Gasteiger charge is -2.22. The second-order valence-corrected chi connectivity index (χ2v) is 5.58. The van der Waals surface area contributed by atoms with Crippen LogP contribution in [0.4, 0.5) is 0 Å². The molecule has 0 bridgehead atoms. The van der Waals surface area contributed by atoms with Gasteiger partial charge in [0, 0.05) is 31.0 Å². The van der Waals surface area contributed by atoms with Crippen molar-refractivity contribution in [3.8, 4) is 0 Å². The van der Waals surface area contributed by atoms with Crippen molar-refractivity contribution in [3.63, 3.8) is 0 Å². The summed E-state index contributed by atoms with van der Waals surface area (Å²) in [7, 11) is 1.90. The van der Waals surface area contributed by atoms with Crippen LogP contribution in [0.25, 0.3) is 10.9 Å². The Morgan fingerprint density at radius 1 is 1.09 bits per heavy atom. The first-order valence-corrected chi connectivity index (χ1v) is 7.69. The minimum atomic E-state index is -0.0680. The van der Waals surface area contributed by atoms with Crippen LogP contribution < -0.4 is 0 Å². The third-order valence-electron chi connectivity index (χ3n) is 4.04. The van der Waals surface area contributed by atoms with E-state index in [1.807, 2.05) is 72.3 Å². The molecule has 0 aliphatic rings. The molecule has 0 saturated carbocycles. The molecular weight excluding hydrogens is 288 g/mol. The number of aryl methyl sites for hydroxylation is 1. The molecule has 0 saturated heterocycles. The first kappa shape index (κ1) is 15.3. The molecule has 0 aliphatic heterocycles. The number of benzene rings is 2. The number of hydrogen-bond acceptors (Lipinski definition) is 2. The van der Waals surface area contributed by atoms with Crippen molar-refractivity contribution in [2.75, 3.05) is 13.2 Å². The van der Waals surface area contributed by atoms with E-state index in [2.05, 4.69) is 0 Å². The van der Waals surface area contributed by atoms with E-state index in [1.165, 1.54) is 0 Å². The summed E-state index contributed by atoms with van der Waals surface area (Å²) in [4.78, 5) is 14.6. The monoisotopic (exact) mass is 308 g/mol. The zero-order valence-electron chi connectivity index (χ0n) is 13.1. The predicted molar refractivity (Wildman–Crippen MR) is 91.2 cm³/mol. The number of aliphatic hydroxyl groups excluding tert-OH is 1. The number of carbonyl (C=O) groups is 1. The van der Waals surface area contributed by atoms with E-state index in [4.69, 9.17) is 0 Å². The molecule has 0 unspecified atom stereocenters. The lowest BCUT2D eigenvalue weighted by molar-refractivity contribution is 0.0698. The third-order valence-corrected chi connectivity index (χ3v) is 4.04. The third kappa shape index (κ3) is 3.12. The van der Waals surface area contributed by atoms with Crippen molar-refractivity contribution in [2.45, 2.75) is 6.54 Å². The van der Waals surface area contributed by atoms with Crippen LogP contribution in [0.5, 0.6) is 0 Å². The van der Waals surface area contributed by atoms with E-state index in [0.717, 1.165) is 16.5 Å². The maximum atomic E-state index is 12.9. The molecule has 118 valence electrons. The molecule has 0 aliphatic carbocycles. The van der Waals surface area contributed by atoms with Crippen molar-refractivity contribution in [1.29, 1.82) is 0 Å². The van der Waals surface area contributed by atoms with Gasteiger partial charge in [0.05, 0.1) is 6.61 Å². The van der Waals surface area contributed by atoms with Gasteiger partial charge in [-0.3, -0.25) is 4.79 Å². The molecule has 0 radical (unpaired) electrons. The van der Waals surface area contributed by atoms with Gasteiger partial charge < -0.3 is 14.6 Å². The van der Waals surface area contributed by atoms with Gasteiger partial charge in [0.1, 0.15) is 5.69 Å². The molecule has 4 nitrogen and oxygen atoms in total. The standard InChI is InChI=1S/C19H20N2O2/c1-20-17-10-6-5-9-16(17)13-18(20)19(23)21(11-12-22)14-15-7-3-2-4-8-15/h2-10,13,22H,11-12,14H2,1H3. The summed E-state index contributed by atoms with van der Waals surface area (Å²) in [6.45, 7) is 0.750. The largest absolute Gasteiger partial charge is 0.395 e. The summed E-state index contributed by atoms with van der Waals surface area (Å²) in [5, 5.41) is 10.4. The molecule has 23 heavy (non-hydrogen) atoms. The van der Waals surface area contributed by atoms with Gasteiger partial charge in [0.2, 0.25) is 0 Å². The van der Waals surface area contributed by atoms with Crippen LogP contribution in [0.15, 0.2) is 60.7 Å². The van der Waals surface area contributed by atoms with Crippen LogP contribution >= 0.6 is 0 Å². The van der Waals surface area contributed by atoms with Gasteiger partial charge in [-0.25, -0.2) is 0 Å². The van der Waals surface area contributed by atoms with Gasteiger partial charge >= 0.3 is 0 Å². The summed E-state index contributed by atoms with van der Waals surface area (Å²) in [5.41, 5.74) is 2.71. The Kier molecular flexibility index (Phi) is 4.44. The lowest BCUT2D eigenvalue weighted by Crippen LogP contribution is -2.34. The van der Waals surface area contributed by atoms with Gasteiger partial charge in [-0.1, -0.05) is 48.5 Å². The molecule has 4 heteroatoms. The Labute approximate surface area is 135 Å². The minimum Gasteiger partial charge on any atom is -0.395 e. The highest BCUT2D eigenvalue weighted by Gasteiger charge is 2.20. The predicted octanol–water partition coefficient (Wildman–Crippen LogP) is 2.81. The Morgan fingerprint density at radius 3 is 2.48 bits per heavy atom. The lowest BCUT2D eigenvalue weighted by atomic mass is 10.2. The van der Waals surface area contributed by atoms with Crippen LogP contribution in [-0.2, 0) is 13.6 Å². The molecular formula is C19H20N2O2. The van der Waals surface area contributed by atoms with E-state index >= 15 is 0 Å².